The van der Waals surface area contributed by atoms with E-state index in [1.807, 2.05) is 0 Å². The summed E-state index contributed by atoms with van der Waals surface area (Å²) >= 11 is 12.5. The van der Waals surface area contributed by atoms with E-state index in [9.17, 15) is 4.79 Å². The van der Waals surface area contributed by atoms with Crippen molar-refractivity contribution in [3.8, 4) is 11.3 Å². The molecule has 0 radical (unpaired) electrons. The minimum Gasteiger partial charge on any atom is -0.464 e. The van der Waals surface area contributed by atoms with Gasteiger partial charge in [0.25, 0.3) is 0 Å². The third-order valence-electron chi connectivity index (χ3n) is 6.79. The Kier molecular flexibility index (Phi) is 5.71. The summed E-state index contributed by atoms with van der Waals surface area (Å²) in [5, 5.41) is 0.745. The Hall–Kier alpha value is -1.85. The van der Waals surface area contributed by atoms with E-state index in [1.165, 1.54) is 26.4 Å². The van der Waals surface area contributed by atoms with E-state index in [-0.39, 0.29) is 5.69 Å². The highest BCUT2D eigenvalue weighted by Gasteiger charge is 2.42. The molecule has 1 spiro atoms. The van der Waals surface area contributed by atoms with Crippen molar-refractivity contribution in [2.75, 3.05) is 25.1 Å². The van der Waals surface area contributed by atoms with Gasteiger partial charge in [0.05, 0.1) is 23.4 Å². The van der Waals surface area contributed by atoms with Gasteiger partial charge in [0, 0.05) is 18.7 Å². The van der Waals surface area contributed by atoms with Crippen molar-refractivity contribution in [1.29, 1.82) is 0 Å². The van der Waals surface area contributed by atoms with Crippen LogP contribution in [0.4, 0.5) is 5.82 Å². The number of benzene rings is 1. The van der Waals surface area contributed by atoms with Gasteiger partial charge in [-0.15, -0.1) is 0 Å². The van der Waals surface area contributed by atoms with E-state index in [0.717, 1.165) is 31.8 Å². The van der Waals surface area contributed by atoms with E-state index < -0.39 is 5.97 Å². The SMILES string of the molecule is COC(=O)c1nc(N2CCC3(CCC[C@H]3C)CC2)cnc1-c1cccc(Cl)c1Cl. The Balaban J connectivity index is 1.65. The lowest BCUT2D eigenvalue weighted by Crippen LogP contribution is -2.42. The third kappa shape index (κ3) is 3.71. The van der Waals surface area contributed by atoms with Crippen molar-refractivity contribution in [3.63, 3.8) is 0 Å². The van der Waals surface area contributed by atoms with E-state index in [4.69, 9.17) is 27.9 Å². The summed E-state index contributed by atoms with van der Waals surface area (Å²) in [4.78, 5) is 23.9. The molecule has 1 saturated carbocycles. The minimum atomic E-state index is -0.539. The average molecular weight is 434 g/mol. The fraction of sp³-hybridized carbons (Fsp3) is 0.500. The summed E-state index contributed by atoms with van der Waals surface area (Å²) in [6.07, 6.45) is 8.03. The van der Waals surface area contributed by atoms with Gasteiger partial charge in [-0.05, 0) is 36.7 Å². The minimum absolute atomic E-state index is 0.156. The van der Waals surface area contributed by atoms with Gasteiger partial charge in [0.2, 0.25) is 0 Å². The van der Waals surface area contributed by atoms with Gasteiger partial charge in [0.15, 0.2) is 5.69 Å². The standard InChI is InChI=1S/C22H25Cl2N3O2/c1-14-5-4-8-22(14)9-11-27(12-10-22)17-13-25-19(20(26-17)21(28)29-2)15-6-3-7-16(23)18(15)24/h3,6-7,13-14H,4-5,8-12H2,1-2H3/t14-/m1/s1. The summed E-state index contributed by atoms with van der Waals surface area (Å²) in [6.45, 7) is 4.25. The van der Waals surface area contributed by atoms with Crippen LogP contribution in [0.15, 0.2) is 24.4 Å². The van der Waals surface area contributed by atoms with Crippen LogP contribution in [0.5, 0.6) is 0 Å². The lowest BCUT2D eigenvalue weighted by molar-refractivity contribution is 0.0594. The van der Waals surface area contributed by atoms with Crippen molar-refractivity contribution < 1.29 is 9.53 Å². The summed E-state index contributed by atoms with van der Waals surface area (Å²) < 4.78 is 4.97. The zero-order valence-corrected chi connectivity index (χ0v) is 18.3. The molecule has 29 heavy (non-hydrogen) atoms. The first-order valence-corrected chi connectivity index (χ1v) is 10.9. The van der Waals surface area contributed by atoms with Crippen LogP contribution in [0.2, 0.25) is 10.0 Å². The lowest BCUT2D eigenvalue weighted by Gasteiger charge is -2.42. The average Bonchev–Trinajstić information content (AvgIpc) is 3.09. The second kappa shape index (κ2) is 8.11. The maximum atomic E-state index is 12.5. The fourth-order valence-corrected chi connectivity index (χ4v) is 5.28. The predicted octanol–water partition coefficient (Wildman–Crippen LogP) is 5.64. The van der Waals surface area contributed by atoms with Crippen molar-refractivity contribution in [2.24, 2.45) is 11.3 Å². The fourth-order valence-electron chi connectivity index (χ4n) is 4.89. The largest absolute Gasteiger partial charge is 0.464 e. The van der Waals surface area contributed by atoms with Gasteiger partial charge in [-0.2, -0.15) is 0 Å². The lowest BCUT2D eigenvalue weighted by atomic mass is 9.71. The number of halogens is 2. The van der Waals surface area contributed by atoms with Crippen LogP contribution in [0.1, 0.15) is 49.5 Å². The van der Waals surface area contributed by atoms with Crippen molar-refractivity contribution in [1.82, 2.24) is 9.97 Å². The molecule has 4 rings (SSSR count). The zero-order valence-electron chi connectivity index (χ0n) is 16.8. The Labute approximate surface area is 181 Å². The number of esters is 1. The first kappa shape index (κ1) is 20.4. The van der Waals surface area contributed by atoms with Gasteiger partial charge in [-0.1, -0.05) is 55.1 Å². The number of hydrogen-bond acceptors (Lipinski definition) is 5. The van der Waals surface area contributed by atoms with Gasteiger partial charge in [-0.3, -0.25) is 0 Å². The van der Waals surface area contributed by atoms with Crippen LogP contribution in [0.25, 0.3) is 11.3 Å². The van der Waals surface area contributed by atoms with Crippen LogP contribution >= 0.6 is 23.2 Å². The molecule has 0 amide bonds. The van der Waals surface area contributed by atoms with Gasteiger partial charge < -0.3 is 9.64 Å². The number of hydrogen-bond donors (Lipinski definition) is 0. The van der Waals surface area contributed by atoms with E-state index in [0.29, 0.717) is 32.5 Å². The highest BCUT2D eigenvalue weighted by Crippen LogP contribution is 2.50. The molecule has 7 heteroatoms. The van der Waals surface area contributed by atoms with Gasteiger partial charge in [-0.25, -0.2) is 14.8 Å². The van der Waals surface area contributed by atoms with Crippen LogP contribution in [-0.4, -0.2) is 36.1 Å². The second-order valence-corrected chi connectivity index (χ2v) is 8.95. The Morgan fingerprint density at radius 1 is 1.24 bits per heavy atom. The predicted molar refractivity (Wildman–Crippen MR) is 116 cm³/mol. The molecular formula is C22H25Cl2N3O2. The molecule has 154 valence electrons. The number of piperidine rings is 1. The summed E-state index contributed by atoms with van der Waals surface area (Å²) in [5.74, 6) is 0.949. The highest BCUT2D eigenvalue weighted by molar-refractivity contribution is 6.43. The molecule has 0 N–H and O–H groups in total. The third-order valence-corrected chi connectivity index (χ3v) is 7.60. The molecule has 2 aliphatic rings. The number of rotatable bonds is 3. The smallest absolute Gasteiger partial charge is 0.359 e. The number of aromatic nitrogens is 2. The summed E-state index contributed by atoms with van der Waals surface area (Å²) in [7, 11) is 1.34. The molecule has 1 aliphatic heterocycles. The number of ether oxygens (including phenoxy) is 1. The maximum Gasteiger partial charge on any atom is 0.359 e. The molecule has 2 fully saturated rings. The molecule has 2 aromatic rings. The van der Waals surface area contributed by atoms with Crippen LogP contribution in [0, 0.1) is 11.3 Å². The molecule has 0 unspecified atom stereocenters. The molecule has 1 aromatic heterocycles. The quantitative estimate of drug-likeness (QED) is 0.585. The highest BCUT2D eigenvalue weighted by atomic mass is 35.5. The topological polar surface area (TPSA) is 55.3 Å². The molecule has 1 aliphatic carbocycles. The van der Waals surface area contributed by atoms with E-state index in [1.54, 1.807) is 24.4 Å². The van der Waals surface area contributed by atoms with Crippen LogP contribution in [-0.2, 0) is 4.74 Å². The molecule has 0 bridgehead atoms. The first-order chi connectivity index (χ1) is 13.9. The Morgan fingerprint density at radius 2 is 2.00 bits per heavy atom. The normalized spacial score (nSPS) is 20.8. The van der Waals surface area contributed by atoms with E-state index in [2.05, 4.69) is 21.8 Å². The van der Waals surface area contributed by atoms with Gasteiger partial charge >= 0.3 is 5.97 Å². The molecule has 1 atom stereocenters. The molecule has 1 aromatic carbocycles. The number of carbonyl (C=O) groups is 1. The molecule has 2 heterocycles. The Bertz CT molecular complexity index is 926. The van der Waals surface area contributed by atoms with Crippen LogP contribution < -0.4 is 4.90 Å². The van der Waals surface area contributed by atoms with Crippen molar-refractivity contribution in [2.45, 2.75) is 39.0 Å². The van der Waals surface area contributed by atoms with Gasteiger partial charge in [0.1, 0.15) is 11.5 Å². The zero-order chi connectivity index (χ0) is 20.6. The van der Waals surface area contributed by atoms with Crippen molar-refractivity contribution in [3.05, 3.63) is 40.1 Å². The Morgan fingerprint density at radius 3 is 2.66 bits per heavy atom. The van der Waals surface area contributed by atoms with Crippen molar-refractivity contribution >= 4 is 35.0 Å². The van der Waals surface area contributed by atoms with Crippen LogP contribution in [0.3, 0.4) is 0 Å². The molecule has 5 nitrogen and oxygen atoms in total. The molecular weight excluding hydrogens is 409 g/mol. The number of anilines is 1. The first-order valence-electron chi connectivity index (χ1n) is 10.1. The summed E-state index contributed by atoms with van der Waals surface area (Å²) in [5.41, 5.74) is 1.58. The number of nitrogens with zero attached hydrogens (tertiary/aromatic N) is 3. The number of methoxy groups -OCH3 is 1. The summed E-state index contributed by atoms with van der Waals surface area (Å²) in [6, 6.07) is 5.24. The maximum absolute atomic E-state index is 12.5. The monoisotopic (exact) mass is 433 g/mol. The second-order valence-electron chi connectivity index (χ2n) is 8.16. The molecule has 1 saturated heterocycles. The number of carbonyl (C=O) groups excluding carboxylic acids is 1. The van der Waals surface area contributed by atoms with E-state index >= 15 is 0 Å².